The lowest BCUT2D eigenvalue weighted by Crippen LogP contribution is -2.56. The minimum Gasteiger partial charge on any atom is -0.463 e. The molecule has 0 aliphatic carbocycles. The summed E-state index contributed by atoms with van der Waals surface area (Å²) in [5.74, 6) is -5.65. The van der Waals surface area contributed by atoms with E-state index in [1.807, 2.05) is 0 Å². The van der Waals surface area contributed by atoms with Gasteiger partial charge in [-0.15, -0.1) is 0 Å². The number of aromatic nitrogens is 2. The Morgan fingerprint density at radius 2 is 1.33 bits per heavy atom. The predicted octanol–water partition coefficient (Wildman–Crippen LogP) is -0.652. The molecule has 18 heteroatoms. The number of esters is 6. The van der Waals surface area contributed by atoms with Crippen LogP contribution in [0.25, 0.3) is 0 Å². The maximum atomic E-state index is 14.1. The quantitative estimate of drug-likeness (QED) is 0.226. The van der Waals surface area contributed by atoms with E-state index >= 15 is 0 Å². The third-order valence-electron chi connectivity index (χ3n) is 7.33. The van der Waals surface area contributed by atoms with Gasteiger partial charge in [-0.2, -0.15) is 0 Å². The first-order valence-electron chi connectivity index (χ1n) is 14.0. The second kappa shape index (κ2) is 13.3. The fourth-order valence-corrected chi connectivity index (χ4v) is 5.71. The molecule has 2 fully saturated rings. The molecule has 0 aromatic carbocycles. The van der Waals surface area contributed by atoms with Gasteiger partial charge in [0.05, 0.1) is 18.2 Å². The van der Waals surface area contributed by atoms with Crippen LogP contribution in [0, 0.1) is 0 Å². The molecule has 0 N–H and O–H groups in total. The van der Waals surface area contributed by atoms with Gasteiger partial charge in [0.2, 0.25) is 0 Å². The fourth-order valence-electron chi connectivity index (χ4n) is 5.71. The Bertz CT molecular complexity index is 1520. The van der Waals surface area contributed by atoms with Gasteiger partial charge in [-0.1, -0.05) is 0 Å². The van der Waals surface area contributed by atoms with Crippen molar-refractivity contribution in [2.24, 2.45) is 4.99 Å². The molecule has 3 aliphatic heterocycles. The van der Waals surface area contributed by atoms with Gasteiger partial charge in [0.1, 0.15) is 38.4 Å². The Balaban J connectivity index is 1.82. The molecule has 7 atom stereocenters. The molecular weight excluding hydrogens is 618 g/mol. The number of hydrogen-bond acceptors (Lipinski definition) is 17. The van der Waals surface area contributed by atoms with E-state index < -0.39 is 96.2 Å². The SMILES string of the molecule is CC(=O)OC[C@@H]1OC[C@](OC(C)=O)([C@@H]2C=Nc3c2ncn([C@]2(OC(C)=O)CO[C@H](COC(C)=O)[C@@H]2OC(C)=O)c3=O)[C@H]1OC(C)=O. The highest BCUT2D eigenvalue weighted by Gasteiger charge is 2.62. The molecule has 0 radical (unpaired) electrons. The summed E-state index contributed by atoms with van der Waals surface area (Å²) in [5, 5.41) is 0. The van der Waals surface area contributed by atoms with Crippen LogP contribution in [0.1, 0.15) is 53.2 Å². The number of carbonyl (C=O) groups is 6. The second-order valence-electron chi connectivity index (χ2n) is 10.8. The van der Waals surface area contributed by atoms with Gasteiger partial charge >= 0.3 is 35.8 Å². The third-order valence-corrected chi connectivity index (χ3v) is 7.33. The molecule has 0 saturated carbocycles. The Morgan fingerprint density at radius 3 is 1.87 bits per heavy atom. The van der Waals surface area contributed by atoms with Gasteiger partial charge in [0.25, 0.3) is 11.3 Å². The largest absolute Gasteiger partial charge is 0.463 e. The van der Waals surface area contributed by atoms with Crippen molar-refractivity contribution in [3.05, 3.63) is 22.4 Å². The van der Waals surface area contributed by atoms with Gasteiger partial charge in [-0.05, 0) is 0 Å². The van der Waals surface area contributed by atoms with Crippen LogP contribution in [0.2, 0.25) is 0 Å². The second-order valence-corrected chi connectivity index (χ2v) is 10.8. The molecule has 3 aliphatic rings. The van der Waals surface area contributed by atoms with Gasteiger partial charge < -0.3 is 37.9 Å². The molecule has 0 bridgehead atoms. The van der Waals surface area contributed by atoms with E-state index in [0.717, 1.165) is 45.5 Å². The number of carbonyl (C=O) groups excluding carboxylic acids is 6. The molecule has 0 unspecified atom stereocenters. The van der Waals surface area contributed by atoms with E-state index in [1.54, 1.807) is 0 Å². The Morgan fingerprint density at radius 1 is 0.783 bits per heavy atom. The molecule has 18 nitrogen and oxygen atoms in total. The summed E-state index contributed by atoms with van der Waals surface area (Å²) in [6.07, 6.45) is -2.74. The van der Waals surface area contributed by atoms with E-state index in [0.29, 0.717) is 0 Å². The summed E-state index contributed by atoms with van der Waals surface area (Å²) in [5.41, 5.74) is -5.08. The summed E-state index contributed by atoms with van der Waals surface area (Å²) in [4.78, 5) is 94.7. The zero-order valence-corrected chi connectivity index (χ0v) is 25.8. The van der Waals surface area contributed by atoms with Crippen LogP contribution < -0.4 is 5.56 Å². The zero-order chi connectivity index (χ0) is 34.0. The van der Waals surface area contributed by atoms with Crippen LogP contribution in [-0.4, -0.2) is 108 Å². The lowest BCUT2D eigenvalue weighted by Gasteiger charge is -2.37. The number of fused-ring (bicyclic) bond motifs is 1. The minimum atomic E-state index is -2.10. The number of hydrogen-bond donors (Lipinski definition) is 0. The first kappa shape index (κ1) is 34.2. The van der Waals surface area contributed by atoms with Crippen molar-refractivity contribution >= 4 is 47.7 Å². The topological polar surface area (TPSA) is 224 Å². The first-order valence-corrected chi connectivity index (χ1v) is 14.0. The minimum absolute atomic E-state index is 0.0197. The van der Waals surface area contributed by atoms with E-state index in [9.17, 15) is 33.6 Å². The monoisotopic (exact) mass is 651 g/mol. The fraction of sp³-hybridized carbons (Fsp3) is 0.607. The van der Waals surface area contributed by atoms with Gasteiger partial charge in [0.15, 0.2) is 23.5 Å². The van der Waals surface area contributed by atoms with Crippen molar-refractivity contribution in [2.75, 3.05) is 26.4 Å². The van der Waals surface area contributed by atoms with Crippen molar-refractivity contribution in [1.29, 1.82) is 0 Å². The molecule has 4 heterocycles. The van der Waals surface area contributed by atoms with Crippen molar-refractivity contribution in [3.8, 4) is 0 Å². The average molecular weight is 652 g/mol. The highest BCUT2D eigenvalue weighted by molar-refractivity contribution is 5.82. The van der Waals surface area contributed by atoms with E-state index in [4.69, 9.17) is 37.9 Å². The number of ether oxygens (including phenoxy) is 8. The number of aliphatic imine (C=N–C) groups is 1. The van der Waals surface area contributed by atoms with Crippen LogP contribution in [0.15, 0.2) is 16.1 Å². The van der Waals surface area contributed by atoms with Crippen molar-refractivity contribution < 1.29 is 66.7 Å². The van der Waals surface area contributed by atoms with Gasteiger partial charge in [-0.25, -0.2) is 4.98 Å². The van der Waals surface area contributed by atoms with Gasteiger partial charge in [-0.3, -0.25) is 43.1 Å². The standard InChI is InChI=1S/C28H33N3O15/c1-13(32)39-8-20-24(43-15(3)34)27(10-41-20,45-17(5)36)19-7-29-23-22(19)30-12-31(26(23)38)28(46-18(6)37)11-42-21(9-40-14(2)33)25(28)44-16(4)35/h7,12,19-21,24-25H,8-11H2,1-6H3/t19-,20+,21-,24+,25+,27+,28+/m1/s1. The molecule has 1 aromatic rings. The van der Waals surface area contributed by atoms with Gasteiger partial charge in [0, 0.05) is 47.8 Å². The first-order chi connectivity index (χ1) is 21.6. The predicted molar refractivity (Wildman–Crippen MR) is 147 cm³/mol. The molecule has 46 heavy (non-hydrogen) atoms. The Hall–Kier alpha value is -4.71. The normalized spacial score (nSPS) is 29.4. The summed E-state index contributed by atoms with van der Waals surface area (Å²) in [6.45, 7) is 5.10. The van der Waals surface area contributed by atoms with E-state index in [1.165, 1.54) is 13.1 Å². The smallest absolute Gasteiger partial charge is 0.304 e. The highest BCUT2D eigenvalue weighted by Crippen LogP contribution is 2.46. The van der Waals surface area contributed by atoms with Crippen LogP contribution in [-0.2, 0) is 72.4 Å². The molecular formula is C28H33N3O15. The van der Waals surface area contributed by atoms with Crippen molar-refractivity contribution in [1.82, 2.24) is 9.55 Å². The number of nitrogens with zero attached hydrogens (tertiary/aromatic N) is 3. The van der Waals surface area contributed by atoms with E-state index in [-0.39, 0.29) is 24.6 Å². The van der Waals surface area contributed by atoms with Crippen molar-refractivity contribution in [2.45, 2.75) is 83.2 Å². The molecule has 1 aromatic heterocycles. The molecule has 0 spiro atoms. The third kappa shape index (κ3) is 6.62. The Labute approximate surface area is 261 Å². The van der Waals surface area contributed by atoms with Crippen LogP contribution in [0.5, 0.6) is 0 Å². The van der Waals surface area contributed by atoms with E-state index in [2.05, 4.69) is 9.98 Å². The summed E-state index contributed by atoms with van der Waals surface area (Å²) < 4.78 is 44.8. The molecule has 250 valence electrons. The molecule has 2 saturated heterocycles. The maximum absolute atomic E-state index is 14.1. The average Bonchev–Trinajstić information content (AvgIpc) is 3.61. The Kier molecular flexibility index (Phi) is 9.91. The zero-order valence-electron chi connectivity index (χ0n) is 25.8. The lowest BCUT2D eigenvalue weighted by atomic mass is 9.81. The summed E-state index contributed by atoms with van der Waals surface area (Å²) in [7, 11) is 0. The molecule has 0 amide bonds. The molecule has 4 rings (SSSR count). The maximum Gasteiger partial charge on any atom is 0.304 e. The van der Waals surface area contributed by atoms with Crippen LogP contribution >= 0.6 is 0 Å². The number of rotatable bonds is 10. The van der Waals surface area contributed by atoms with Crippen molar-refractivity contribution in [3.63, 3.8) is 0 Å². The van der Waals surface area contributed by atoms with Crippen LogP contribution in [0.4, 0.5) is 5.69 Å². The summed E-state index contributed by atoms with van der Waals surface area (Å²) >= 11 is 0. The summed E-state index contributed by atoms with van der Waals surface area (Å²) in [6, 6.07) is 0. The lowest BCUT2D eigenvalue weighted by molar-refractivity contribution is -0.198. The van der Waals surface area contributed by atoms with Crippen LogP contribution in [0.3, 0.4) is 0 Å². The highest BCUT2D eigenvalue weighted by atomic mass is 16.7.